The Kier molecular flexibility index (Phi) is 3.51. The van der Waals surface area contributed by atoms with Gasteiger partial charge in [0.15, 0.2) is 11.6 Å². The van der Waals surface area contributed by atoms with Gasteiger partial charge in [-0.05, 0) is 19.1 Å². The maximum absolute atomic E-state index is 11.6. The highest BCUT2D eigenvalue weighted by Crippen LogP contribution is 2.24. The number of non-ortho nitro benzene ring substituents is 1. The highest BCUT2D eigenvalue weighted by Gasteiger charge is 2.20. The predicted octanol–water partition coefficient (Wildman–Crippen LogP) is 2.03. The van der Waals surface area contributed by atoms with E-state index in [1.807, 2.05) is 0 Å². The molecule has 7 heteroatoms. The van der Waals surface area contributed by atoms with E-state index in [0.29, 0.717) is 22.8 Å². The van der Waals surface area contributed by atoms with Crippen molar-refractivity contribution in [2.24, 2.45) is 0 Å². The number of ketones is 1. The molecule has 104 valence electrons. The molecule has 0 aliphatic rings. The number of aromatic nitrogens is 2. The number of nitro benzene ring substituents is 1. The first-order chi connectivity index (χ1) is 9.45. The van der Waals surface area contributed by atoms with Crippen LogP contribution in [-0.4, -0.2) is 27.5 Å². The molecule has 0 aliphatic carbocycles. The molecule has 0 spiro atoms. The van der Waals surface area contributed by atoms with Crippen molar-refractivity contribution in [2.45, 2.75) is 13.8 Å². The molecular formula is C13H13N3O4. The van der Waals surface area contributed by atoms with Gasteiger partial charge in [-0.15, -0.1) is 0 Å². The SMILES string of the molecule is COn1c(-c2ccc([N+](=O)[O-])cc2)nc(C)c1C(C)=O. The minimum Gasteiger partial charge on any atom is -0.415 e. The summed E-state index contributed by atoms with van der Waals surface area (Å²) < 4.78 is 1.33. The number of nitro groups is 1. The molecule has 2 rings (SSSR count). The Morgan fingerprint density at radius 3 is 2.40 bits per heavy atom. The van der Waals surface area contributed by atoms with Crippen LogP contribution in [-0.2, 0) is 0 Å². The highest BCUT2D eigenvalue weighted by atomic mass is 16.6. The Morgan fingerprint density at radius 2 is 1.95 bits per heavy atom. The molecule has 0 fully saturated rings. The van der Waals surface area contributed by atoms with Crippen LogP contribution in [0.25, 0.3) is 11.4 Å². The summed E-state index contributed by atoms with van der Waals surface area (Å²) >= 11 is 0. The number of imidazole rings is 1. The van der Waals surface area contributed by atoms with Crippen molar-refractivity contribution in [1.29, 1.82) is 0 Å². The Labute approximate surface area is 114 Å². The zero-order valence-electron chi connectivity index (χ0n) is 11.3. The molecule has 1 heterocycles. The van der Waals surface area contributed by atoms with E-state index >= 15 is 0 Å². The van der Waals surface area contributed by atoms with Crippen LogP contribution in [0.5, 0.6) is 0 Å². The van der Waals surface area contributed by atoms with Gasteiger partial charge in [0.05, 0.1) is 10.6 Å². The van der Waals surface area contributed by atoms with Gasteiger partial charge >= 0.3 is 0 Å². The van der Waals surface area contributed by atoms with Crippen molar-refractivity contribution in [2.75, 3.05) is 7.11 Å². The van der Waals surface area contributed by atoms with Crippen molar-refractivity contribution < 1.29 is 14.6 Å². The third kappa shape index (κ3) is 2.25. The second-order valence-corrected chi connectivity index (χ2v) is 4.21. The smallest absolute Gasteiger partial charge is 0.269 e. The first-order valence-electron chi connectivity index (χ1n) is 5.85. The molecule has 0 unspecified atom stereocenters. The number of nitrogens with zero attached hydrogens (tertiary/aromatic N) is 3. The maximum atomic E-state index is 11.6. The summed E-state index contributed by atoms with van der Waals surface area (Å²) in [7, 11) is 1.43. The van der Waals surface area contributed by atoms with Gasteiger partial charge in [-0.1, -0.05) is 0 Å². The minimum absolute atomic E-state index is 0.00668. The summed E-state index contributed by atoms with van der Waals surface area (Å²) in [4.78, 5) is 31.3. The average molecular weight is 275 g/mol. The number of carbonyl (C=O) groups excluding carboxylic acids is 1. The van der Waals surface area contributed by atoms with E-state index in [2.05, 4.69) is 4.98 Å². The molecule has 1 aromatic carbocycles. The van der Waals surface area contributed by atoms with E-state index < -0.39 is 4.92 Å². The number of hydrogen-bond donors (Lipinski definition) is 0. The molecule has 0 amide bonds. The van der Waals surface area contributed by atoms with Gasteiger partial charge in [-0.3, -0.25) is 14.9 Å². The van der Waals surface area contributed by atoms with Crippen LogP contribution in [0.4, 0.5) is 5.69 Å². The van der Waals surface area contributed by atoms with Crippen LogP contribution in [0, 0.1) is 17.0 Å². The Hall–Kier alpha value is -2.70. The second kappa shape index (κ2) is 5.12. The predicted molar refractivity (Wildman–Crippen MR) is 71.6 cm³/mol. The second-order valence-electron chi connectivity index (χ2n) is 4.21. The van der Waals surface area contributed by atoms with Crippen LogP contribution in [0.15, 0.2) is 24.3 Å². The lowest BCUT2D eigenvalue weighted by molar-refractivity contribution is -0.384. The maximum Gasteiger partial charge on any atom is 0.269 e. The van der Waals surface area contributed by atoms with Gasteiger partial charge in [0.1, 0.15) is 12.8 Å². The van der Waals surface area contributed by atoms with E-state index in [1.165, 1.54) is 30.9 Å². The van der Waals surface area contributed by atoms with Crippen LogP contribution in [0.3, 0.4) is 0 Å². The zero-order valence-corrected chi connectivity index (χ0v) is 11.3. The van der Waals surface area contributed by atoms with Gasteiger partial charge in [-0.2, -0.15) is 4.73 Å². The van der Waals surface area contributed by atoms with E-state index in [9.17, 15) is 14.9 Å². The van der Waals surface area contributed by atoms with Gasteiger partial charge in [0.25, 0.3) is 5.69 Å². The lowest BCUT2D eigenvalue weighted by Crippen LogP contribution is -2.14. The largest absolute Gasteiger partial charge is 0.415 e. The number of hydrogen-bond acceptors (Lipinski definition) is 5. The molecule has 20 heavy (non-hydrogen) atoms. The number of rotatable bonds is 4. The van der Waals surface area contributed by atoms with Gasteiger partial charge in [0, 0.05) is 24.6 Å². The monoisotopic (exact) mass is 275 g/mol. The quantitative estimate of drug-likeness (QED) is 0.484. The summed E-state index contributed by atoms with van der Waals surface area (Å²) in [6.07, 6.45) is 0. The lowest BCUT2D eigenvalue weighted by Gasteiger charge is -2.08. The molecule has 0 radical (unpaired) electrons. The van der Waals surface area contributed by atoms with Gasteiger partial charge < -0.3 is 4.84 Å². The summed E-state index contributed by atoms with van der Waals surface area (Å²) in [6, 6.07) is 5.90. The standard InChI is InChI=1S/C13H13N3O4/c1-8-12(9(2)17)15(20-3)13(14-8)10-4-6-11(7-5-10)16(18)19/h4-7H,1-3H3. The van der Waals surface area contributed by atoms with E-state index in [4.69, 9.17) is 4.84 Å². The van der Waals surface area contributed by atoms with Crippen LogP contribution in [0.1, 0.15) is 23.1 Å². The van der Waals surface area contributed by atoms with Crippen LogP contribution in [0.2, 0.25) is 0 Å². The lowest BCUT2D eigenvalue weighted by atomic mass is 10.2. The summed E-state index contributed by atoms with van der Waals surface area (Å²) in [5.41, 5.74) is 1.54. The Balaban J connectivity index is 2.55. The van der Waals surface area contributed by atoms with Crippen molar-refractivity contribution in [3.05, 3.63) is 45.8 Å². The first-order valence-corrected chi connectivity index (χ1v) is 5.85. The summed E-state index contributed by atoms with van der Waals surface area (Å²) in [5, 5.41) is 10.6. The molecule has 0 atom stereocenters. The number of Topliss-reactive ketones (excluding diaryl/α,β-unsaturated/α-hetero) is 1. The fourth-order valence-corrected chi connectivity index (χ4v) is 2.00. The van der Waals surface area contributed by atoms with Gasteiger partial charge in [0.2, 0.25) is 0 Å². The Morgan fingerprint density at radius 1 is 1.35 bits per heavy atom. The molecule has 0 saturated heterocycles. The van der Waals surface area contributed by atoms with Crippen molar-refractivity contribution in [3.8, 4) is 11.4 Å². The highest BCUT2D eigenvalue weighted by molar-refractivity contribution is 5.94. The minimum atomic E-state index is -0.473. The number of carbonyl (C=O) groups is 1. The fraction of sp³-hybridized carbons (Fsp3) is 0.231. The molecule has 0 saturated carbocycles. The molecule has 7 nitrogen and oxygen atoms in total. The third-order valence-electron chi connectivity index (χ3n) is 2.86. The van der Waals surface area contributed by atoms with Crippen molar-refractivity contribution >= 4 is 11.5 Å². The summed E-state index contributed by atoms with van der Waals surface area (Å²) in [6.45, 7) is 3.14. The summed E-state index contributed by atoms with van der Waals surface area (Å²) in [5.74, 6) is 0.273. The molecule has 0 bridgehead atoms. The first kappa shape index (κ1) is 13.7. The fourth-order valence-electron chi connectivity index (χ4n) is 2.00. The third-order valence-corrected chi connectivity index (χ3v) is 2.86. The van der Waals surface area contributed by atoms with Crippen LogP contribution >= 0.6 is 0 Å². The average Bonchev–Trinajstić information content (AvgIpc) is 2.75. The van der Waals surface area contributed by atoms with Crippen molar-refractivity contribution in [1.82, 2.24) is 9.71 Å². The number of aryl methyl sites for hydroxylation is 1. The van der Waals surface area contributed by atoms with E-state index in [0.717, 1.165) is 0 Å². The topological polar surface area (TPSA) is 87.3 Å². The van der Waals surface area contributed by atoms with Gasteiger partial charge in [-0.25, -0.2) is 4.98 Å². The zero-order chi connectivity index (χ0) is 14.9. The number of benzene rings is 1. The van der Waals surface area contributed by atoms with Crippen molar-refractivity contribution in [3.63, 3.8) is 0 Å². The molecule has 0 aliphatic heterocycles. The molecule has 2 aromatic rings. The van der Waals surface area contributed by atoms with E-state index in [-0.39, 0.29) is 11.5 Å². The van der Waals surface area contributed by atoms with Crippen LogP contribution < -0.4 is 4.84 Å². The molecular weight excluding hydrogens is 262 g/mol. The molecule has 0 N–H and O–H groups in total. The Bertz CT molecular complexity index is 674. The van der Waals surface area contributed by atoms with E-state index in [1.54, 1.807) is 19.1 Å². The molecule has 1 aromatic heterocycles. The normalized spacial score (nSPS) is 10.3.